The average Bonchev–Trinajstić information content (AvgIpc) is 2.79. The number of carbonyl (C=O) groups is 2. The van der Waals surface area contributed by atoms with Crippen LogP contribution in [0.2, 0.25) is 0 Å². The molecule has 1 N–H and O–H groups in total. The minimum Gasteiger partial charge on any atom is -0.423 e. The molecule has 0 radical (unpaired) electrons. The molecule has 0 bridgehead atoms. The number of nitro groups is 2. The van der Waals surface area contributed by atoms with Gasteiger partial charge in [-0.3, -0.25) is 25.0 Å². The van der Waals surface area contributed by atoms with E-state index in [1.165, 1.54) is 60.8 Å². The van der Waals surface area contributed by atoms with Crippen molar-refractivity contribution >= 4 is 29.5 Å². The van der Waals surface area contributed by atoms with Crippen LogP contribution >= 0.6 is 0 Å². The molecule has 166 valence electrons. The average molecular weight is 448 g/mol. The van der Waals surface area contributed by atoms with Crippen LogP contribution in [-0.4, -0.2) is 27.9 Å². The highest BCUT2D eigenvalue weighted by Gasteiger charge is 2.12. The zero-order valence-electron chi connectivity index (χ0n) is 16.9. The van der Waals surface area contributed by atoms with Crippen molar-refractivity contribution in [2.24, 2.45) is 5.10 Å². The molecule has 0 heterocycles. The topological polar surface area (TPSA) is 154 Å². The third-order valence-electron chi connectivity index (χ3n) is 4.30. The van der Waals surface area contributed by atoms with Gasteiger partial charge in [0, 0.05) is 24.3 Å². The maximum absolute atomic E-state index is 12.2. The zero-order valence-corrected chi connectivity index (χ0v) is 16.9. The second-order valence-corrected chi connectivity index (χ2v) is 6.66. The number of carbonyl (C=O) groups excluding carboxylic acids is 2. The first kappa shape index (κ1) is 22.7. The van der Waals surface area contributed by atoms with E-state index in [0.29, 0.717) is 11.1 Å². The SMILES string of the molecule is O=C(Cc1ccc([N+](=O)[O-])cc1)N/N=C\c1cccc(OC(=O)c2ccc([N+](=O)[O-])cc2)c1. The molecule has 11 heteroatoms. The zero-order chi connectivity index (χ0) is 23.8. The van der Waals surface area contributed by atoms with E-state index in [-0.39, 0.29) is 29.1 Å². The van der Waals surface area contributed by atoms with E-state index in [0.717, 1.165) is 0 Å². The van der Waals surface area contributed by atoms with Crippen molar-refractivity contribution in [3.63, 3.8) is 0 Å². The fraction of sp³-hybridized carbons (Fsp3) is 0.0455. The summed E-state index contributed by atoms with van der Waals surface area (Å²) in [4.78, 5) is 44.5. The highest BCUT2D eigenvalue weighted by Crippen LogP contribution is 2.17. The monoisotopic (exact) mass is 448 g/mol. The first-order valence-electron chi connectivity index (χ1n) is 9.44. The Bertz CT molecular complexity index is 1220. The van der Waals surface area contributed by atoms with Gasteiger partial charge in [0.15, 0.2) is 0 Å². The minimum atomic E-state index is -0.685. The lowest BCUT2D eigenvalue weighted by atomic mass is 10.1. The van der Waals surface area contributed by atoms with Crippen LogP contribution in [-0.2, 0) is 11.2 Å². The molecular weight excluding hydrogens is 432 g/mol. The summed E-state index contributed by atoms with van der Waals surface area (Å²) in [6.45, 7) is 0. The van der Waals surface area contributed by atoms with Crippen molar-refractivity contribution in [2.45, 2.75) is 6.42 Å². The summed E-state index contributed by atoms with van der Waals surface area (Å²) in [5.41, 5.74) is 3.43. The molecule has 0 aliphatic heterocycles. The number of nitrogens with zero attached hydrogens (tertiary/aromatic N) is 3. The molecule has 0 saturated carbocycles. The number of nitrogens with one attached hydrogen (secondary N) is 1. The largest absolute Gasteiger partial charge is 0.423 e. The number of hydrogen-bond acceptors (Lipinski definition) is 8. The van der Waals surface area contributed by atoms with Gasteiger partial charge >= 0.3 is 5.97 Å². The number of rotatable bonds is 8. The molecule has 0 spiro atoms. The van der Waals surface area contributed by atoms with Crippen molar-refractivity contribution in [1.82, 2.24) is 5.43 Å². The second-order valence-electron chi connectivity index (χ2n) is 6.66. The summed E-state index contributed by atoms with van der Waals surface area (Å²) in [5.74, 6) is -0.879. The van der Waals surface area contributed by atoms with Crippen LogP contribution in [0.25, 0.3) is 0 Å². The van der Waals surface area contributed by atoms with Crippen LogP contribution in [0.15, 0.2) is 77.9 Å². The molecule has 0 saturated heterocycles. The van der Waals surface area contributed by atoms with Crippen LogP contribution < -0.4 is 10.2 Å². The summed E-state index contributed by atoms with van der Waals surface area (Å²) in [6, 6.07) is 17.0. The van der Waals surface area contributed by atoms with Gasteiger partial charge < -0.3 is 4.74 Å². The third kappa shape index (κ3) is 6.52. The number of ether oxygens (including phenoxy) is 1. The van der Waals surface area contributed by atoms with Crippen LogP contribution in [0.3, 0.4) is 0 Å². The maximum atomic E-state index is 12.2. The van der Waals surface area contributed by atoms with Gasteiger partial charge in [-0.25, -0.2) is 10.2 Å². The van der Waals surface area contributed by atoms with Crippen molar-refractivity contribution in [1.29, 1.82) is 0 Å². The van der Waals surface area contributed by atoms with E-state index in [2.05, 4.69) is 10.5 Å². The predicted octanol–water partition coefficient (Wildman–Crippen LogP) is 3.42. The van der Waals surface area contributed by atoms with Crippen molar-refractivity contribution < 1.29 is 24.2 Å². The Morgan fingerprint density at radius 2 is 1.52 bits per heavy atom. The molecule has 3 rings (SSSR count). The molecule has 33 heavy (non-hydrogen) atoms. The van der Waals surface area contributed by atoms with E-state index in [9.17, 15) is 29.8 Å². The standard InChI is InChI=1S/C22H16N4O7/c27-21(13-15-4-8-18(9-5-15)25(29)30)24-23-14-16-2-1-3-20(12-16)33-22(28)17-6-10-19(11-7-17)26(31)32/h1-12,14H,13H2,(H,24,27)/b23-14-. The number of hydrogen-bond donors (Lipinski definition) is 1. The molecule has 0 fully saturated rings. The van der Waals surface area contributed by atoms with Crippen molar-refractivity contribution in [3.8, 4) is 5.75 Å². The molecule has 3 aromatic carbocycles. The highest BCUT2D eigenvalue weighted by atomic mass is 16.6. The highest BCUT2D eigenvalue weighted by molar-refractivity contribution is 5.91. The number of esters is 1. The summed E-state index contributed by atoms with van der Waals surface area (Å²) in [6.07, 6.45) is 1.35. The van der Waals surface area contributed by atoms with Crippen molar-refractivity contribution in [2.75, 3.05) is 0 Å². The Balaban J connectivity index is 1.55. The normalized spacial score (nSPS) is 10.5. The number of hydrazone groups is 1. The van der Waals surface area contributed by atoms with E-state index < -0.39 is 21.7 Å². The molecule has 0 aliphatic rings. The number of benzene rings is 3. The van der Waals surface area contributed by atoms with Crippen molar-refractivity contribution in [3.05, 3.63) is 110 Å². The fourth-order valence-electron chi connectivity index (χ4n) is 2.68. The predicted molar refractivity (Wildman–Crippen MR) is 117 cm³/mol. The van der Waals surface area contributed by atoms with E-state index >= 15 is 0 Å². The van der Waals surface area contributed by atoms with Gasteiger partial charge in [0.1, 0.15) is 5.75 Å². The molecule has 3 aromatic rings. The fourth-order valence-corrected chi connectivity index (χ4v) is 2.68. The van der Waals surface area contributed by atoms with Gasteiger partial charge in [0.2, 0.25) is 5.91 Å². The summed E-state index contributed by atoms with van der Waals surface area (Å²) < 4.78 is 5.27. The first-order valence-corrected chi connectivity index (χ1v) is 9.44. The van der Waals surface area contributed by atoms with Gasteiger partial charge in [-0.15, -0.1) is 0 Å². The lowest BCUT2D eigenvalue weighted by Crippen LogP contribution is -2.19. The summed E-state index contributed by atoms with van der Waals surface area (Å²) in [7, 11) is 0. The number of non-ortho nitro benzene ring substituents is 2. The minimum absolute atomic E-state index is 0.0117. The molecule has 1 amide bonds. The number of nitro benzene ring substituents is 2. The van der Waals surface area contributed by atoms with E-state index in [1.54, 1.807) is 18.2 Å². The lowest BCUT2D eigenvalue weighted by Gasteiger charge is -2.05. The van der Waals surface area contributed by atoms with Gasteiger partial charge in [0.05, 0.1) is 28.0 Å². The molecule has 0 atom stereocenters. The van der Waals surface area contributed by atoms with Crippen LogP contribution in [0.1, 0.15) is 21.5 Å². The Labute approximate surface area is 186 Å². The van der Waals surface area contributed by atoms with Crippen LogP contribution in [0.5, 0.6) is 5.75 Å². The molecular formula is C22H16N4O7. The molecule has 11 nitrogen and oxygen atoms in total. The summed E-state index contributed by atoms with van der Waals surface area (Å²) >= 11 is 0. The summed E-state index contributed by atoms with van der Waals surface area (Å²) in [5, 5.41) is 25.2. The van der Waals surface area contributed by atoms with Gasteiger partial charge in [-0.05, 0) is 35.4 Å². The van der Waals surface area contributed by atoms with Gasteiger partial charge in [-0.1, -0.05) is 24.3 Å². The van der Waals surface area contributed by atoms with Gasteiger partial charge in [0.25, 0.3) is 11.4 Å². The van der Waals surface area contributed by atoms with E-state index in [1.807, 2.05) is 0 Å². The smallest absolute Gasteiger partial charge is 0.343 e. The van der Waals surface area contributed by atoms with Gasteiger partial charge in [-0.2, -0.15) is 5.10 Å². The Kier molecular flexibility index (Phi) is 7.17. The maximum Gasteiger partial charge on any atom is 0.343 e. The lowest BCUT2D eigenvalue weighted by molar-refractivity contribution is -0.385. The van der Waals surface area contributed by atoms with Crippen LogP contribution in [0, 0.1) is 20.2 Å². The third-order valence-corrected chi connectivity index (χ3v) is 4.30. The Hall–Kier alpha value is -4.93. The first-order chi connectivity index (χ1) is 15.8. The molecule has 0 aliphatic carbocycles. The van der Waals surface area contributed by atoms with Crippen LogP contribution in [0.4, 0.5) is 11.4 Å². The molecule has 0 unspecified atom stereocenters. The second kappa shape index (κ2) is 10.4. The quantitative estimate of drug-likeness (QED) is 0.182. The Morgan fingerprint density at radius 1 is 0.909 bits per heavy atom. The van der Waals surface area contributed by atoms with E-state index in [4.69, 9.17) is 4.74 Å². The molecule has 0 aromatic heterocycles. The Morgan fingerprint density at radius 3 is 2.12 bits per heavy atom. The number of amides is 1.